The molecular formula is C14H22N2O3S. The minimum absolute atomic E-state index is 0.0392. The van der Waals surface area contributed by atoms with Crippen LogP contribution in [0.4, 0.5) is 0 Å². The molecule has 0 bridgehead atoms. The first-order valence-corrected chi connectivity index (χ1v) is 8.51. The van der Waals surface area contributed by atoms with Gasteiger partial charge < -0.3 is 10.6 Å². The molecule has 0 aliphatic rings. The lowest BCUT2D eigenvalue weighted by molar-refractivity contribution is -0.134. The highest BCUT2D eigenvalue weighted by Gasteiger charge is 2.25. The van der Waals surface area contributed by atoms with Crippen LogP contribution in [0.3, 0.4) is 0 Å². The molecule has 2 N–H and O–H groups in total. The van der Waals surface area contributed by atoms with Crippen LogP contribution in [0.5, 0.6) is 0 Å². The number of amides is 1. The average Bonchev–Trinajstić information content (AvgIpc) is 2.42. The van der Waals surface area contributed by atoms with Crippen LogP contribution in [0.15, 0.2) is 30.3 Å². The van der Waals surface area contributed by atoms with Crippen molar-refractivity contribution in [3.63, 3.8) is 0 Å². The maximum Gasteiger partial charge on any atom is 0.227 e. The number of nitrogens with two attached hydrogens (primary N) is 1. The summed E-state index contributed by atoms with van der Waals surface area (Å²) in [6, 6.07) is 9.00. The first kappa shape index (κ1) is 16.7. The standard InChI is InChI=1S/C14H22N2O3S/c1-11(13(15)12-7-5-4-6-8-12)14(17)16(2)9-10-20(3,18)19/h4-8,11,13H,9-10,15H2,1-3H3. The van der Waals surface area contributed by atoms with E-state index < -0.39 is 21.8 Å². The van der Waals surface area contributed by atoms with Crippen molar-refractivity contribution in [1.82, 2.24) is 4.90 Å². The van der Waals surface area contributed by atoms with Gasteiger partial charge in [0.15, 0.2) is 0 Å². The molecule has 0 saturated carbocycles. The fourth-order valence-electron chi connectivity index (χ4n) is 1.88. The van der Waals surface area contributed by atoms with Gasteiger partial charge in [0.05, 0.1) is 11.7 Å². The minimum Gasteiger partial charge on any atom is -0.344 e. The summed E-state index contributed by atoms with van der Waals surface area (Å²) in [5.74, 6) is -0.588. The second-order valence-electron chi connectivity index (χ2n) is 5.11. The lowest BCUT2D eigenvalue weighted by Crippen LogP contribution is -2.39. The van der Waals surface area contributed by atoms with Crippen LogP contribution in [-0.4, -0.2) is 44.8 Å². The zero-order valence-corrected chi connectivity index (χ0v) is 12.9. The summed E-state index contributed by atoms with van der Waals surface area (Å²) in [6.07, 6.45) is 1.16. The van der Waals surface area contributed by atoms with Crippen LogP contribution >= 0.6 is 0 Å². The largest absolute Gasteiger partial charge is 0.344 e. The lowest BCUT2D eigenvalue weighted by Gasteiger charge is -2.25. The van der Waals surface area contributed by atoms with E-state index in [0.717, 1.165) is 11.8 Å². The fraction of sp³-hybridized carbons (Fsp3) is 0.500. The zero-order chi connectivity index (χ0) is 15.3. The number of carbonyl (C=O) groups excluding carboxylic acids is 1. The molecule has 0 saturated heterocycles. The van der Waals surface area contributed by atoms with Gasteiger partial charge in [-0.25, -0.2) is 8.42 Å². The maximum atomic E-state index is 12.2. The van der Waals surface area contributed by atoms with Gasteiger partial charge in [0.25, 0.3) is 0 Å². The third-order valence-corrected chi connectivity index (χ3v) is 4.21. The third kappa shape index (κ3) is 4.94. The van der Waals surface area contributed by atoms with Crippen LogP contribution in [0, 0.1) is 5.92 Å². The fourth-order valence-corrected chi connectivity index (χ4v) is 2.48. The van der Waals surface area contributed by atoms with Gasteiger partial charge in [-0.2, -0.15) is 0 Å². The first-order valence-electron chi connectivity index (χ1n) is 6.45. The van der Waals surface area contributed by atoms with E-state index in [1.165, 1.54) is 4.90 Å². The van der Waals surface area contributed by atoms with Gasteiger partial charge in [0, 0.05) is 25.9 Å². The Hall–Kier alpha value is -1.40. The normalized spacial score (nSPS) is 14.6. The number of benzene rings is 1. The van der Waals surface area contributed by atoms with Crippen molar-refractivity contribution in [1.29, 1.82) is 0 Å². The molecule has 1 aromatic carbocycles. The summed E-state index contributed by atoms with van der Waals surface area (Å²) >= 11 is 0. The SMILES string of the molecule is CC(C(=O)N(C)CCS(C)(=O)=O)C(N)c1ccccc1. The third-order valence-electron chi connectivity index (χ3n) is 3.29. The Morgan fingerprint density at radius 3 is 2.35 bits per heavy atom. The van der Waals surface area contributed by atoms with E-state index in [9.17, 15) is 13.2 Å². The topological polar surface area (TPSA) is 80.5 Å². The molecule has 2 unspecified atom stereocenters. The smallest absolute Gasteiger partial charge is 0.227 e. The molecule has 0 spiro atoms. The second-order valence-corrected chi connectivity index (χ2v) is 7.37. The van der Waals surface area contributed by atoms with Crippen molar-refractivity contribution >= 4 is 15.7 Å². The van der Waals surface area contributed by atoms with Crippen LogP contribution in [0.1, 0.15) is 18.5 Å². The van der Waals surface area contributed by atoms with Gasteiger partial charge >= 0.3 is 0 Å². The molecule has 2 atom stereocenters. The highest BCUT2D eigenvalue weighted by molar-refractivity contribution is 7.90. The van der Waals surface area contributed by atoms with Gasteiger partial charge in [-0.1, -0.05) is 37.3 Å². The van der Waals surface area contributed by atoms with Crippen molar-refractivity contribution in [2.24, 2.45) is 11.7 Å². The predicted octanol–water partition coefficient (Wildman–Crippen LogP) is 0.826. The van der Waals surface area contributed by atoms with E-state index in [1.807, 2.05) is 30.3 Å². The summed E-state index contributed by atoms with van der Waals surface area (Å²) in [5.41, 5.74) is 6.99. The molecule has 0 fully saturated rings. The molecule has 0 radical (unpaired) electrons. The number of hydrogen-bond acceptors (Lipinski definition) is 4. The molecule has 0 aromatic heterocycles. The highest BCUT2D eigenvalue weighted by atomic mass is 32.2. The second kappa shape index (κ2) is 6.85. The van der Waals surface area contributed by atoms with E-state index >= 15 is 0 Å². The highest BCUT2D eigenvalue weighted by Crippen LogP contribution is 2.20. The van der Waals surface area contributed by atoms with Crippen LogP contribution in [-0.2, 0) is 14.6 Å². The van der Waals surface area contributed by atoms with Gasteiger partial charge in [0.1, 0.15) is 9.84 Å². The summed E-state index contributed by atoms with van der Waals surface area (Å²) in [4.78, 5) is 13.7. The van der Waals surface area contributed by atoms with Crippen molar-refractivity contribution in [3.05, 3.63) is 35.9 Å². The van der Waals surface area contributed by atoms with Gasteiger partial charge in [-0.05, 0) is 5.56 Å². The molecule has 6 heteroatoms. The molecule has 20 heavy (non-hydrogen) atoms. The van der Waals surface area contributed by atoms with Crippen molar-refractivity contribution in [2.75, 3.05) is 25.6 Å². The summed E-state index contributed by atoms with van der Waals surface area (Å²) in [6.45, 7) is 1.94. The van der Waals surface area contributed by atoms with Crippen LogP contribution in [0.25, 0.3) is 0 Å². The van der Waals surface area contributed by atoms with E-state index in [-0.39, 0.29) is 18.2 Å². The maximum absolute atomic E-state index is 12.2. The number of nitrogens with zero attached hydrogens (tertiary/aromatic N) is 1. The molecule has 1 amide bonds. The first-order chi connectivity index (χ1) is 9.22. The Morgan fingerprint density at radius 2 is 1.85 bits per heavy atom. The number of carbonyl (C=O) groups is 1. The van der Waals surface area contributed by atoms with Crippen molar-refractivity contribution in [2.45, 2.75) is 13.0 Å². The lowest BCUT2D eigenvalue weighted by atomic mass is 9.94. The van der Waals surface area contributed by atoms with E-state index in [1.54, 1.807) is 14.0 Å². The molecule has 0 aliphatic heterocycles. The number of hydrogen-bond donors (Lipinski definition) is 1. The van der Waals surface area contributed by atoms with E-state index in [4.69, 9.17) is 5.73 Å². The molecular weight excluding hydrogens is 276 g/mol. The quantitative estimate of drug-likeness (QED) is 0.843. The Balaban J connectivity index is 2.66. The molecule has 1 aromatic rings. The van der Waals surface area contributed by atoms with Crippen LogP contribution in [0.2, 0.25) is 0 Å². The number of rotatable bonds is 6. The Morgan fingerprint density at radius 1 is 1.30 bits per heavy atom. The number of sulfone groups is 1. The van der Waals surface area contributed by atoms with Crippen molar-refractivity contribution < 1.29 is 13.2 Å². The van der Waals surface area contributed by atoms with Crippen molar-refractivity contribution in [3.8, 4) is 0 Å². The summed E-state index contributed by atoms with van der Waals surface area (Å²) < 4.78 is 22.2. The van der Waals surface area contributed by atoms with Crippen LogP contribution < -0.4 is 5.73 Å². The molecule has 5 nitrogen and oxygen atoms in total. The van der Waals surface area contributed by atoms with Gasteiger partial charge in [-0.15, -0.1) is 0 Å². The van der Waals surface area contributed by atoms with Gasteiger partial charge in [0.2, 0.25) is 5.91 Å². The molecule has 0 heterocycles. The van der Waals surface area contributed by atoms with E-state index in [0.29, 0.717) is 0 Å². The molecule has 0 aliphatic carbocycles. The Bertz CT molecular complexity index is 543. The van der Waals surface area contributed by atoms with Gasteiger partial charge in [-0.3, -0.25) is 4.79 Å². The molecule has 1 rings (SSSR count). The molecule has 112 valence electrons. The predicted molar refractivity (Wildman–Crippen MR) is 79.9 cm³/mol. The van der Waals surface area contributed by atoms with E-state index in [2.05, 4.69) is 0 Å². The monoisotopic (exact) mass is 298 g/mol. The summed E-state index contributed by atoms with van der Waals surface area (Å²) in [5, 5.41) is 0. The Kier molecular flexibility index (Phi) is 5.71. The zero-order valence-electron chi connectivity index (χ0n) is 12.1. The average molecular weight is 298 g/mol. The minimum atomic E-state index is -3.08. The Labute approximate surface area is 120 Å². The summed E-state index contributed by atoms with van der Waals surface area (Å²) in [7, 11) is -1.48.